The minimum absolute atomic E-state index is 0.171. The molecule has 0 bridgehead atoms. The molecule has 25 heavy (non-hydrogen) atoms. The standard InChI is InChI=1S/C21H28N2OS/c1-6-20(19-12-7-15(4)13-16(19)5)23-21(25)22-17-8-10-18(11-9-17)24-14(2)3/h7-14,20H,6H2,1-5H3,(H2,22,23,25)/t20-/m0/s1. The van der Waals surface area contributed by atoms with Gasteiger partial charge in [0, 0.05) is 5.69 Å². The molecule has 3 nitrogen and oxygen atoms in total. The SMILES string of the molecule is CC[C@H](NC(=S)Nc1ccc(OC(C)C)cc1)c1ccc(C)cc1C. The Bertz CT molecular complexity index is 710. The number of ether oxygens (including phenoxy) is 1. The van der Waals surface area contributed by atoms with Gasteiger partial charge in [0.2, 0.25) is 0 Å². The molecule has 0 heterocycles. The van der Waals surface area contributed by atoms with E-state index in [0.29, 0.717) is 5.11 Å². The van der Waals surface area contributed by atoms with Crippen LogP contribution in [0.2, 0.25) is 0 Å². The third kappa shape index (κ3) is 5.75. The molecule has 1 atom stereocenters. The second-order valence-electron chi connectivity index (χ2n) is 6.61. The van der Waals surface area contributed by atoms with Crippen LogP contribution in [0.3, 0.4) is 0 Å². The number of rotatable bonds is 6. The van der Waals surface area contributed by atoms with Crippen LogP contribution in [0.4, 0.5) is 5.69 Å². The number of hydrogen-bond acceptors (Lipinski definition) is 2. The lowest BCUT2D eigenvalue weighted by molar-refractivity contribution is 0.242. The molecule has 134 valence electrons. The third-order valence-corrected chi connectivity index (χ3v) is 4.22. The van der Waals surface area contributed by atoms with E-state index in [0.717, 1.165) is 17.9 Å². The highest BCUT2D eigenvalue weighted by molar-refractivity contribution is 7.80. The molecule has 0 radical (unpaired) electrons. The molecular weight excluding hydrogens is 328 g/mol. The summed E-state index contributed by atoms with van der Waals surface area (Å²) in [5.74, 6) is 0.862. The number of hydrogen-bond donors (Lipinski definition) is 2. The lowest BCUT2D eigenvalue weighted by Gasteiger charge is -2.22. The Labute approximate surface area is 156 Å². The molecule has 0 fully saturated rings. The zero-order valence-electron chi connectivity index (χ0n) is 15.7. The molecule has 2 aromatic rings. The Balaban J connectivity index is 2.00. The van der Waals surface area contributed by atoms with Gasteiger partial charge in [-0.25, -0.2) is 0 Å². The van der Waals surface area contributed by atoms with Gasteiger partial charge in [-0.2, -0.15) is 0 Å². The Morgan fingerprint density at radius 2 is 1.76 bits per heavy atom. The van der Waals surface area contributed by atoms with Crippen LogP contribution in [0.25, 0.3) is 0 Å². The predicted molar refractivity (Wildman–Crippen MR) is 111 cm³/mol. The summed E-state index contributed by atoms with van der Waals surface area (Å²) in [4.78, 5) is 0. The number of aryl methyl sites for hydroxylation is 2. The molecular formula is C21H28N2OS. The molecule has 2 aromatic carbocycles. The summed E-state index contributed by atoms with van der Waals surface area (Å²) in [5, 5.41) is 7.31. The summed E-state index contributed by atoms with van der Waals surface area (Å²) in [7, 11) is 0. The number of benzene rings is 2. The van der Waals surface area contributed by atoms with Gasteiger partial charge in [-0.15, -0.1) is 0 Å². The van der Waals surface area contributed by atoms with Crippen LogP contribution in [0.5, 0.6) is 5.75 Å². The van der Waals surface area contributed by atoms with Crippen molar-refractivity contribution in [3.8, 4) is 5.75 Å². The fourth-order valence-electron chi connectivity index (χ4n) is 2.83. The first-order chi connectivity index (χ1) is 11.9. The second kappa shape index (κ2) is 8.86. The molecule has 0 amide bonds. The maximum atomic E-state index is 5.66. The second-order valence-corrected chi connectivity index (χ2v) is 7.02. The van der Waals surface area contributed by atoms with Crippen molar-refractivity contribution in [2.45, 2.75) is 53.2 Å². The highest BCUT2D eigenvalue weighted by Gasteiger charge is 2.13. The van der Waals surface area contributed by atoms with Gasteiger partial charge in [0.1, 0.15) is 5.75 Å². The van der Waals surface area contributed by atoms with Gasteiger partial charge < -0.3 is 15.4 Å². The maximum Gasteiger partial charge on any atom is 0.171 e. The summed E-state index contributed by atoms with van der Waals surface area (Å²) in [6.07, 6.45) is 1.14. The van der Waals surface area contributed by atoms with Crippen molar-refractivity contribution >= 4 is 23.0 Å². The van der Waals surface area contributed by atoms with Crippen molar-refractivity contribution in [2.75, 3.05) is 5.32 Å². The summed E-state index contributed by atoms with van der Waals surface area (Å²) >= 11 is 5.50. The van der Waals surface area contributed by atoms with Crippen molar-refractivity contribution < 1.29 is 4.74 Å². The highest BCUT2D eigenvalue weighted by Crippen LogP contribution is 2.22. The molecule has 0 saturated heterocycles. The Morgan fingerprint density at radius 3 is 2.32 bits per heavy atom. The van der Waals surface area contributed by atoms with E-state index < -0.39 is 0 Å². The van der Waals surface area contributed by atoms with Gasteiger partial charge in [-0.3, -0.25) is 0 Å². The van der Waals surface area contributed by atoms with E-state index in [1.807, 2.05) is 38.1 Å². The molecule has 0 aliphatic rings. The Hall–Kier alpha value is -2.07. The average molecular weight is 357 g/mol. The molecule has 0 spiro atoms. The van der Waals surface area contributed by atoms with Crippen molar-refractivity contribution in [3.05, 3.63) is 59.2 Å². The minimum Gasteiger partial charge on any atom is -0.491 e. The topological polar surface area (TPSA) is 33.3 Å². The number of nitrogens with one attached hydrogen (secondary N) is 2. The lowest BCUT2D eigenvalue weighted by atomic mass is 9.98. The fourth-order valence-corrected chi connectivity index (χ4v) is 3.09. The van der Waals surface area contributed by atoms with Crippen LogP contribution in [0.1, 0.15) is 49.9 Å². The number of thiocarbonyl (C=S) groups is 1. The van der Waals surface area contributed by atoms with Crippen molar-refractivity contribution in [2.24, 2.45) is 0 Å². The quantitative estimate of drug-likeness (QED) is 0.667. The third-order valence-electron chi connectivity index (χ3n) is 4.00. The molecule has 2 N–H and O–H groups in total. The van der Waals surface area contributed by atoms with Crippen molar-refractivity contribution in [3.63, 3.8) is 0 Å². The van der Waals surface area contributed by atoms with E-state index in [4.69, 9.17) is 17.0 Å². The molecule has 0 unspecified atom stereocenters. The molecule has 0 aliphatic heterocycles. The highest BCUT2D eigenvalue weighted by atomic mass is 32.1. The van der Waals surface area contributed by atoms with Gasteiger partial charge in [0.25, 0.3) is 0 Å². The molecule has 2 rings (SSSR count). The normalized spacial score (nSPS) is 11.9. The van der Waals surface area contributed by atoms with E-state index in [1.165, 1.54) is 16.7 Å². The largest absolute Gasteiger partial charge is 0.491 e. The van der Waals surface area contributed by atoms with Crippen LogP contribution in [0, 0.1) is 13.8 Å². The van der Waals surface area contributed by atoms with Gasteiger partial charge in [-0.1, -0.05) is 30.7 Å². The van der Waals surface area contributed by atoms with Gasteiger partial charge in [0.15, 0.2) is 5.11 Å². The minimum atomic E-state index is 0.171. The first kappa shape index (κ1) is 19.3. The van der Waals surface area contributed by atoms with Gasteiger partial charge >= 0.3 is 0 Å². The maximum absolute atomic E-state index is 5.66. The van der Waals surface area contributed by atoms with Crippen LogP contribution < -0.4 is 15.4 Å². The molecule has 4 heteroatoms. The van der Waals surface area contributed by atoms with Gasteiger partial charge in [0.05, 0.1) is 12.1 Å². The lowest BCUT2D eigenvalue weighted by Crippen LogP contribution is -2.32. The summed E-state index contributed by atoms with van der Waals surface area (Å²) in [5.41, 5.74) is 4.81. The zero-order valence-corrected chi connectivity index (χ0v) is 16.5. The van der Waals surface area contributed by atoms with E-state index in [2.05, 4.69) is 49.6 Å². The molecule has 0 aliphatic carbocycles. The Morgan fingerprint density at radius 1 is 1.08 bits per heavy atom. The summed E-state index contributed by atoms with van der Waals surface area (Å²) in [6.45, 7) is 10.5. The zero-order chi connectivity index (χ0) is 18.4. The predicted octanol–water partition coefficient (Wildman–Crippen LogP) is 5.53. The van der Waals surface area contributed by atoms with E-state index in [1.54, 1.807) is 0 Å². The van der Waals surface area contributed by atoms with Crippen LogP contribution in [0.15, 0.2) is 42.5 Å². The first-order valence-corrected chi connectivity index (χ1v) is 9.21. The smallest absolute Gasteiger partial charge is 0.171 e. The van der Waals surface area contributed by atoms with Crippen LogP contribution >= 0.6 is 12.2 Å². The Kier molecular flexibility index (Phi) is 6.82. The summed E-state index contributed by atoms with van der Waals surface area (Å²) < 4.78 is 5.66. The van der Waals surface area contributed by atoms with E-state index in [9.17, 15) is 0 Å². The van der Waals surface area contributed by atoms with E-state index >= 15 is 0 Å². The van der Waals surface area contributed by atoms with Gasteiger partial charge in [-0.05, 0) is 81.7 Å². The summed E-state index contributed by atoms with van der Waals surface area (Å²) in [6, 6.07) is 14.6. The monoisotopic (exact) mass is 356 g/mol. The molecule has 0 aromatic heterocycles. The van der Waals surface area contributed by atoms with E-state index in [-0.39, 0.29) is 12.1 Å². The van der Waals surface area contributed by atoms with Crippen molar-refractivity contribution in [1.82, 2.24) is 5.32 Å². The van der Waals surface area contributed by atoms with Crippen LogP contribution in [-0.4, -0.2) is 11.2 Å². The first-order valence-electron chi connectivity index (χ1n) is 8.80. The molecule has 0 saturated carbocycles. The fraction of sp³-hybridized carbons (Fsp3) is 0.381. The average Bonchev–Trinajstić information content (AvgIpc) is 2.54. The van der Waals surface area contributed by atoms with Crippen LogP contribution in [-0.2, 0) is 0 Å². The van der Waals surface area contributed by atoms with Crippen molar-refractivity contribution in [1.29, 1.82) is 0 Å². The number of anilines is 1.